The summed E-state index contributed by atoms with van der Waals surface area (Å²) in [6.07, 6.45) is 0.00881. The maximum absolute atomic E-state index is 12.3. The second-order valence-corrected chi connectivity index (χ2v) is 6.15. The van der Waals surface area contributed by atoms with Gasteiger partial charge in [-0.1, -0.05) is 0 Å². The fourth-order valence-electron chi connectivity index (χ4n) is 2.97. The number of carbonyl (C=O) groups excluding carboxylic acids is 2. The Morgan fingerprint density at radius 2 is 2.12 bits per heavy atom. The van der Waals surface area contributed by atoms with Crippen molar-refractivity contribution in [1.29, 1.82) is 0 Å². The predicted octanol–water partition coefficient (Wildman–Crippen LogP) is 0.619. The number of anilines is 2. The third-order valence-electron chi connectivity index (χ3n) is 4.45. The smallest absolute Gasteiger partial charge is 0.251 e. The van der Waals surface area contributed by atoms with Crippen molar-refractivity contribution >= 4 is 48.0 Å². The highest BCUT2D eigenvalue weighted by Crippen LogP contribution is 2.28. The minimum atomic E-state index is -0.421. The second kappa shape index (κ2) is 9.24. The lowest BCUT2D eigenvalue weighted by Gasteiger charge is -2.19. The Balaban J connectivity index is 0.00000156. The van der Waals surface area contributed by atoms with Crippen LogP contribution < -0.4 is 20.9 Å². The monoisotopic (exact) mass is 390 g/mol. The van der Waals surface area contributed by atoms with Gasteiger partial charge in [0.1, 0.15) is 0 Å². The Hall–Kier alpha value is -1.54. The van der Waals surface area contributed by atoms with Crippen molar-refractivity contribution in [2.24, 2.45) is 5.92 Å². The SMILES string of the molecule is CN1CCC(=O)Nc2cc(C(=O)NCC3CNCC3O)ccc21.Cl.Cl. The molecule has 0 saturated carbocycles. The molecule has 140 valence electrons. The van der Waals surface area contributed by atoms with E-state index in [0.717, 1.165) is 5.69 Å². The zero-order valence-corrected chi connectivity index (χ0v) is 15.6. The minimum absolute atomic E-state index is 0. The number of aliphatic hydroxyl groups is 1. The molecule has 1 fully saturated rings. The number of carbonyl (C=O) groups is 2. The minimum Gasteiger partial charge on any atom is -0.391 e. The summed E-state index contributed by atoms with van der Waals surface area (Å²) in [5.41, 5.74) is 2.06. The van der Waals surface area contributed by atoms with E-state index in [1.807, 2.05) is 18.0 Å². The largest absolute Gasteiger partial charge is 0.391 e. The van der Waals surface area contributed by atoms with Crippen molar-refractivity contribution in [3.8, 4) is 0 Å². The van der Waals surface area contributed by atoms with E-state index in [-0.39, 0.29) is 42.5 Å². The predicted molar refractivity (Wildman–Crippen MR) is 102 cm³/mol. The van der Waals surface area contributed by atoms with Gasteiger partial charge in [0, 0.05) is 51.1 Å². The first-order chi connectivity index (χ1) is 11.0. The molecule has 4 N–H and O–H groups in total. The number of halogens is 2. The molecule has 2 amide bonds. The van der Waals surface area contributed by atoms with Crippen LogP contribution >= 0.6 is 24.8 Å². The van der Waals surface area contributed by atoms with Gasteiger partial charge in [-0.05, 0) is 18.2 Å². The average molecular weight is 391 g/mol. The van der Waals surface area contributed by atoms with Crippen LogP contribution in [0.25, 0.3) is 0 Å². The summed E-state index contributed by atoms with van der Waals surface area (Å²) >= 11 is 0. The maximum Gasteiger partial charge on any atom is 0.251 e. The number of hydrogen-bond acceptors (Lipinski definition) is 5. The summed E-state index contributed by atoms with van der Waals surface area (Å²) in [7, 11) is 1.92. The molecule has 3 rings (SSSR count). The summed E-state index contributed by atoms with van der Waals surface area (Å²) in [5.74, 6) is -0.216. The van der Waals surface area contributed by atoms with E-state index in [0.29, 0.717) is 43.9 Å². The van der Waals surface area contributed by atoms with Crippen LogP contribution in [0.15, 0.2) is 18.2 Å². The van der Waals surface area contributed by atoms with E-state index in [1.165, 1.54) is 0 Å². The standard InChI is InChI=1S/C16H22N4O3.2ClH/c1-20-5-4-15(22)19-12-6-10(2-3-13(12)20)16(23)18-8-11-7-17-9-14(11)21;;/h2-3,6,11,14,17,21H,4-5,7-9H2,1H3,(H,18,23)(H,19,22);2*1H. The Kier molecular flexibility index (Phi) is 7.95. The van der Waals surface area contributed by atoms with Crippen molar-refractivity contribution in [1.82, 2.24) is 10.6 Å². The van der Waals surface area contributed by atoms with Crippen LogP contribution in [0, 0.1) is 5.92 Å². The highest BCUT2D eigenvalue weighted by molar-refractivity contribution is 6.00. The van der Waals surface area contributed by atoms with E-state index in [2.05, 4.69) is 16.0 Å². The third-order valence-corrected chi connectivity index (χ3v) is 4.45. The van der Waals surface area contributed by atoms with Gasteiger partial charge in [0.25, 0.3) is 5.91 Å². The summed E-state index contributed by atoms with van der Waals surface area (Å²) in [6.45, 7) is 2.34. The molecule has 9 heteroatoms. The van der Waals surface area contributed by atoms with Gasteiger partial charge in [0.05, 0.1) is 17.5 Å². The van der Waals surface area contributed by atoms with E-state index in [4.69, 9.17) is 0 Å². The maximum atomic E-state index is 12.3. The number of fused-ring (bicyclic) bond motifs is 1. The number of nitrogens with one attached hydrogen (secondary N) is 3. The summed E-state index contributed by atoms with van der Waals surface area (Å²) in [6, 6.07) is 5.31. The lowest BCUT2D eigenvalue weighted by atomic mass is 10.1. The van der Waals surface area contributed by atoms with E-state index in [9.17, 15) is 14.7 Å². The molecule has 0 spiro atoms. The Labute approximate surface area is 159 Å². The van der Waals surface area contributed by atoms with Crippen LogP contribution in [-0.4, -0.2) is 56.3 Å². The first kappa shape index (κ1) is 21.5. The Bertz CT molecular complexity index is 629. The third kappa shape index (κ3) is 4.98. The van der Waals surface area contributed by atoms with Crippen molar-refractivity contribution in [2.75, 3.05) is 43.4 Å². The molecular weight excluding hydrogens is 367 g/mol. The van der Waals surface area contributed by atoms with Crippen molar-refractivity contribution in [2.45, 2.75) is 12.5 Å². The zero-order chi connectivity index (χ0) is 16.4. The van der Waals surface area contributed by atoms with Gasteiger partial charge < -0.3 is 26.0 Å². The van der Waals surface area contributed by atoms with Gasteiger partial charge in [0.2, 0.25) is 5.91 Å². The van der Waals surface area contributed by atoms with Crippen molar-refractivity contribution < 1.29 is 14.7 Å². The normalized spacial score (nSPS) is 22.0. The van der Waals surface area contributed by atoms with Gasteiger partial charge in [-0.15, -0.1) is 24.8 Å². The molecule has 1 aromatic rings. The van der Waals surface area contributed by atoms with E-state index >= 15 is 0 Å². The number of hydrogen-bond donors (Lipinski definition) is 4. The topological polar surface area (TPSA) is 93.7 Å². The summed E-state index contributed by atoms with van der Waals surface area (Å²) < 4.78 is 0. The van der Waals surface area contributed by atoms with Crippen molar-refractivity contribution in [3.63, 3.8) is 0 Å². The zero-order valence-electron chi connectivity index (χ0n) is 13.9. The van der Waals surface area contributed by atoms with Gasteiger partial charge >= 0.3 is 0 Å². The molecule has 0 aliphatic carbocycles. The van der Waals surface area contributed by atoms with Crippen LogP contribution in [0.4, 0.5) is 11.4 Å². The fourth-order valence-corrected chi connectivity index (χ4v) is 2.97. The first-order valence-electron chi connectivity index (χ1n) is 7.86. The molecule has 0 aromatic heterocycles. The van der Waals surface area contributed by atoms with Crippen LogP contribution in [-0.2, 0) is 4.79 Å². The first-order valence-corrected chi connectivity index (χ1v) is 7.86. The molecule has 0 radical (unpaired) electrons. The Morgan fingerprint density at radius 1 is 1.36 bits per heavy atom. The quantitative estimate of drug-likeness (QED) is 0.606. The second-order valence-electron chi connectivity index (χ2n) is 6.15. The molecule has 7 nitrogen and oxygen atoms in total. The van der Waals surface area contributed by atoms with Crippen LogP contribution in [0.2, 0.25) is 0 Å². The van der Waals surface area contributed by atoms with E-state index in [1.54, 1.807) is 12.1 Å². The van der Waals surface area contributed by atoms with Crippen LogP contribution in [0.1, 0.15) is 16.8 Å². The molecule has 1 saturated heterocycles. The Morgan fingerprint density at radius 3 is 2.80 bits per heavy atom. The number of aliphatic hydroxyl groups excluding tert-OH is 1. The number of β-amino-alcohol motifs (C(OH)–C–C–N with tert-alkyl or cyclic N) is 1. The van der Waals surface area contributed by atoms with Crippen LogP contribution in [0.5, 0.6) is 0 Å². The molecule has 2 atom stereocenters. The molecule has 0 bridgehead atoms. The number of nitrogens with zero attached hydrogens (tertiary/aromatic N) is 1. The molecule has 1 aromatic carbocycles. The molecule has 2 unspecified atom stereocenters. The molecule has 25 heavy (non-hydrogen) atoms. The lowest BCUT2D eigenvalue weighted by Crippen LogP contribution is -2.34. The average Bonchev–Trinajstić information content (AvgIpc) is 2.88. The van der Waals surface area contributed by atoms with Crippen LogP contribution in [0.3, 0.4) is 0 Å². The lowest BCUT2D eigenvalue weighted by molar-refractivity contribution is -0.115. The highest BCUT2D eigenvalue weighted by atomic mass is 35.5. The van der Waals surface area contributed by atoms with E-state index < -0.39 is 6.10 Å². The van der Waals surface area contributed by atoms with Gasteiger partial charge in [0.15, 0.2) is 0 Å². The molecular formula is C16H24Cl2N4O3. The number of rotatable bonds is 3. The summed E-state index contributed by atoms with van der Waals surface area (Å²) in [4.78, 5) is 26.0. The molecule has 2 aliphatic heterocycles. The summed E-state index contributed by atoms with van der Waals surface area (Å²) in [5, 5.41) is 18.5. The highest BCUT2D eigenvalue weighted by Gasteiger charge is 2.25. The fraction of sp³-hybridized carbons (Fsp3) is 0.500. The van der Waals surface area contributed by atoms with Gasteiger partial charge in [-0.25, -0.2) is 0 Å². The van der Waals surface area contributed by atoms with Crippen molar-refractivity contribution in [3.05, 3.63) is 23.8 Å². The number of amides is 2. The molecule has 2 heterocycles. The molecule has 2 aliphatic rings. The number of benzene rings is 1. The van der Waals surface area contributed by atoms with Gasteiger partial charge in [-0.3, -0.25) is 9.59 Å². The van der Waals surface area contributed by atoms with Gasteiger partial charge in [-0.2, -0.15) is 0 Å².